The summed E-state index contributed by atoms with van der Waals surface area (Å²) in [7, 11) is 0. The van der Waals surface area contributed by atoms with Crippen molar-refractivity contribution >= 4 is 17.3 Å². The topological polar surface area (TPSA) is 93.2 Å². The molecule has 0 atom stereocenters. The zero-order chi connectivity index (χ0) is 19.1. The largest absolute Gasteiger partial charge is 0.353 e. The van der Waals surface area contributed by atoms with Gasteiger partial charge in [-0.25, -0.2) is 14.6 Å². The lowest BCUT2D eigenvalue weighted by Crippen LogP contribution is -2.47. The minimum Gasteiger partial charge on any atom is -0.353 e. The van der Waals surface area contributed by atoms with Crippen molar-refractivity contribution in [3.63, 3.8) is 0 Å². The Morgan fingerprint density at radius 3 is 2.32 bits per heavy atom. The number of rotatable bonds is 3. The van der Waals surface area contributed by atoms with Gasteiger partial charge in [-0.3, -0.25) is 0 Å². The van der Waals surface area contributed by atoms with Gasteiger partial charge in [0.05, 0.1) is 5.69 Å². The molecule has 0 spiro atoms. The van der Waals surface area contributed by atoms with E-state index in [1.807, 2.05) is 42.8 Å². The van der Waals surface area contributed by atoms with Gasteiger partial charge in [-0.2, -0.15) is 9.61 Å². The Balaban J connectivity index is 1.32. The molecular formula is C18H20N10. The Kier molecular flexibility index (Phi) is 3.89. The number of hydrogen-bond acceptors (Lipinski definition) is 8. The number of aromatic nitrogens is 8. The molecule has 0 aliphatic carbocycles. The van der Waals surface area contributed by atoms with Crippen molar-refractivity contribution in [2.24, 2.45) is 0 Å². The van der Waals surface area contributed by atoms with Crippen molar-refractivity contribution < 1.29 is 0 Å². The van der Waals surface area contributed by atoms with Crippen LogP contribution in [0.15, 0.2) is 36.9 Å². The monoisotopic (exact) mass is 376 g/mol. The molecule has 142 valence electrons. The summed E-state index contributed by atoms with van der Waals surface area (Å²) < 4.78 is 3.56. The zero-order valence-electron chi connectivity index (χ0n) is 15.8. The summed E-state index contributed by atoms with van der Waals surface area (Å²) in [6.45, 7) is 7.45. The predicted molar refractivity (Wildman–Crippen MR) is 104 cm³/mol. The minimum absolute atomic E-state index is 0.750. The highest BCUT2D eigenvalue weighted by Gasteiger charge is 2.20. The molecule has 0 aromatic carbocycles. The summed E-state index contributed by atoms with van der Waals surface area (Å²) in [5, 5.41) is 17.0. The van der Waals surface area contributed by atoms with Crippen molar-refractivity contribution in [2.45, 2.75) is 13.8 Å². The molecule has 0 radical (unpaired) electrons. The van der Waals surface area contributed by atoms with Crippen LogP contribution in [-0.4, -0.2) is 65.7 Å². The standard InChI is InChI=1S/C18H20N10/c1-13-9-14(2)28(23-13)18-10-17(19-11-20-18)26-7-5-25(6-8-26)16-4-3-15-22-21-12-27(15)24-16/h3-4,9-12H,5-8H2,1-2H3. The second kappa shape index (κ2) is 6.55. The van der Waals surface area contributed by atoms with Crippen molar-refractivity contribution in [1.29, 1.82) is 0 Å². The summed E-state index contributed by atoms with van der Waals surface area (Å²) >= 11 is 0. The summed E-state index contributed by atoms with van der Waals surface area (Å²) in [5.41, 5.74) is 2.78. The third-order valence-corrected chi connectivity index (χ3v) is 4.94. The van der Waals surface area contributed by atoms with Crippen molar-refractivity contribution in [3.05, 3.63) is 48.3 Å². The van der Waals surface area contributed by atoms with Gasteiger partial charge >= 0.3 is 0 Å². The third kappa shape index (κ3) is 2.92. The van der Waals surface area contributed by atoms with Crippen LogP contribution in [0.1, 0.15) is 11.4 Å². The summed E-state index contributed by atoms with van der Waals surface area (Å²) in [6, 6.07) is 7.97. The SMILES string of the molecule is Cc1cc(C)n(-c2cc(N3CCN(c4ccc5nncn5n4)CC3)ncn2)n1. The molecule has 0 bridgehead atoms. The summed E-state index contributed by atoms with van der Waals surface area (Å²) in [4.78, 5) is 13.4. The number of aryl methyl sites for hydroxylation is 2. The van der Waals surface area contributed by atoms with Gasteiger partial charge in [0.25, 0.3) is 0 Å². The van der Waals surface area contributed by atoms with Gasteiger partial charge in [0.1, 0.15) is 24.3 Å². The van der Waals surface area contributed by atoms with Crippen LogP contribution in [0.4, 0.5) is 11.6 Å². The van der Waals surface area contributed by atoms with Crippen molar-refractivity contribution in [3.8, 4) is 5.82 Å². The van der Waals surface area contributed by atoms with Gasteiger partial charge in [-0.05, 0) is 32.0 Å². The Morgan fingerprint density at radius 2 is 1.57 bits per heavy atom. The first-order valence-corrected chi connectivity index (χ1v) is 9.20. The molecule has 0 amide bonds. The van der Waals surface area contributed by atoms with E-state index in [1.165, 1.54) is 0 Å². The number of piperazine rings is 1. The number of nitrogens with zero attached hydrogens (tertiary/aromatic N) is 10. The first kappa shape index (κ1) is 16.6. The molecule has 1 aliphatic heterocycles. The molecule has 10 nitrogen and oxygen atoms in total. The summed E-state index contributed by atoms with van der Waals surface area (Å²) in [5.74, 6) is 2.63. The highest BCUT2D eigenvalue weighted by molar-refractivity contribution is 5.49. The normalized spacial score (nSPS) is 14.8. The lowest BCUT2D eigenvalue weighted by Gasteiger charge is -2.35. The van der Waals surface area contributed by atoms with E-state index in [0.29, 0.717) is 0 Å². The molecular weight excluding hydrogens is 356 g/mol. The molecule has 5 heterocycles. The molecule has 28 heavy (non-hydrogen) atoms. The Morgan fingerprint density at radius 1 is 0.821 bits per heavy atom. The van der Waals surface area contributed by atoms with E-state index in [2.05, 4.69) is 40.2 Å². The van der Waals surface area contributed by atoms with E-state index in [4.69, 9.17) is 0 Å². The number of anilines is 2. The van der Waals surface area contributed by atoms with Crippen LogP contribution in [0.25, 0.3) is 11.5 Å². The summed E-state index contributed by atoms with van der Waals surface area (Å²) in [6.07, 6.45) is 3.23. The van der Waals surface area contributed by atoms with E-state index < -0.39 is 0 Å². The highest BCUT2D eigenvalue weighted by Crippen LogP contribution is 2.19. The minimum atomic E-state index is 0.750. The molecule has 0 unspecified atom stereocenters. The Labute approximate surface area is 161 Å². The van der Waals surface area contributed by atoms with Crippen LogP contribution < -0.4 is 9.80 Å². The van der Waals surface area contributed by atoms with Crippen molar-refractivity contribution in [2.75, 3.05) is 36.0 Å². The molecule has 1 aliphatic rings. The molecule has 0 saturated carbocycles. The van der Waals surface area contributed by atoms with Crippen LogP contribution >= 0.6 is 0 Å². The molecule has 4 aromatic rings. The van der Waals surface area contributed by atoms with E-state index in [1.54, 1.807) is 17.2 Å². The first-order chi connectivity index (χ1) is 13.7. The average Bonchev–Trinajstić information content (AvgIpc) is 3.33. The second-order valence-corrected chi connectivity index (χ2v) is 6.87. The highest BCUT2D eigenvalue weighted by atomic mass is 15.4. The smallest absolute Gasteiger partial charge is 0.177 e. The maximum atomic E-state index is 4.58. The van der Waals surface area contributed by atoms with Crippen LogP contribution in [0.2, 0.25) is 0 Å². The Hall–Kier alpha value is -3.56. The van der Waals surface area contributed by atoms with Gasteiger partial charge in [0, 0.05) is 37.9 Å². The van der Waals surface area contributed by atoms with Gasteiger partial charge in [-0.1, -0.05) is 0 Å². The lowest BCUT2D eigenvalue weighted by molar-refractivity contribution is 0.634. The number of fused-ring (bicyclic) bond motifs is 1. The van der Waals surface area contributed by atoms with Crippen molar-refractivity contribution in [1.82, 2.24) is 39.6 Å². The van der Waals surface area contributed by atoms with E-state index in [-0.39, 0.29) is 0 Å². The van der Waals surface area contributed by atoms with Gasteiger partial charge in [0.2, 0.25) is 0 Å². The van der Waals surface area contributed by atoms with Crippen LogP contribution in [0, 0.1) is 13.8 Å². The molecule has 5 rings (SSSR count). The second-order valence-electron chi connectivity index (χ2n) is 6.87. The molecule has 4 aromatic heterocycles. The van der Waals surface area contributed by atoms with Crippen LogP contribution in [0.5, 0.6) is 0 Å². The van der Waals surface area contributed by atoms with E-state index in [9.17, 15) is 0 Å². The molecule has 0 N–H and O–H groups in total. The fourth-order valence-corrected chi connectivity index (χ4v) is 3.54. The molecule has 10 heteroatoms. The number of hydrogen-bond donors (Lipinski definition) is 0. The Bertz CT molecular complexity index is 1120. The molecule has 1 fully saturated rings. The fraction of sp³-hybridized carbons (Fsp3) is 0.333. The van der Waals surface area contributed by atoms with Gasteiger partial charge in [-0.15, -0.1) is 15.3 Å². The van der Waals surface area contributed by atoms with E-state index >= 15 is 0 Å². The first-order valence-electron chi connectivity index (χ1n) is 9.20. The average molecular weight is 376 g/mol. The quantitative estimate of drug-likeness (QED) is 0.524. The fourth-order valence-electron chi connectivity index (χ4n) is 3.54. The third-order valence-electron chi connectivity index (χ3n) is 4.94. The van der Waals surface area contributed by atoms with E-state index in [0.717, 1.165) is 60.7 Å². The zero-order valence-corrected chi connectivity index (χ0v) is 15.8. The predicted octanol–water partition coefficient (Wildman–Crippen LogP) is 1.04. The maximum Gasteiger partial charge on any atom is 0.177 e. The molecule has 1 saturated heterocycles. The lowest BCUT2D eigenvalue weighted by atomic mass is 10.3. The van der Waals surface area contributed by atoms with Gasteiger partial charge < -0.3 is 9.80 Å². The maximum absolute atomic E-state index is 4.58. The van der Waals surface area contributed by atoms with Crippen LogP contribution in [-0.2, 0) is 0 Å². The van der Waals surface area contributed by atoms with Gasteiger partial charge in [0.15, 0.2) is 11.5 Å². The van der Waals surface area contributed by atoms with Crippen LogP contribution in [0.3, 0.4) is 0 Å².